The van der Waals surface area contributed by atoms with E-state index in [1.54, 1.807) is 0 Å². The minimum atomic E-state index is 0.528. The molecule has 0 bridgehead atoms. The van der Waals surface area contributed by atoms with E-state index in [0.29, 0.717) is 11.8 Å². The Morgan fingerprint density at radius 1 is 0.941 bits per heavy atom. The molecule has 0 aromatic heterocycles. The van der Waals surface area contributed by atoms with E-state index >= 15 is 0 Å². The summed E-state index contributed by atoms with van der Waals surface area (Å²) in [7, 11) is 0. The van der Waals surface area contributed by atoms with E-state index in [2.05, 4.69) is 62.6 Å². The molecule has 2 N–H and O–H groups in total. The molecule has 2 nitrogen and oxygen atoms in total. The fraction of sp³-hybridized carbons (Fsp3) is 0.467. The summed E-state index contributed by atoms with van der Waals surface area (Å²) in [6.07, 6.45) is 0. The van der Waals surface area contributed by atoms with Crippen LogP contribution in [0.3, 0.4) is 0 Å². The summed E-state index contributed by atoms with van der Waals surface area (Å²) < 4.78 is 0. The summed E-state index contributed by atoms with van der Waals surface area (Å²) in [5.74, 6) is 1.06. The lowest BCUT2D eigenvalue weighted by Crippen LogP contribution is -2.23. The molecule has 0 saturated heterocycles. The van der Waals surface area contributed by atoms with Crippen molar-refractivity contribution in [3.8, 4) is 0 Å². The number of anilines is 1. The van der Waals surface area contributed by atoms with Crippen molar-refractivity contribution in [2.45, 2.75) is 27.7 Å². The predicted molar refractivity (Wildman–Crippen MR) is 74.7 cm³/mol. The van der Waals surface area contributed by atoms with E-state index in [1.165, 1.54) is 22.5 Å². The molecule has 2 rings (SSSR count). The van der Waals surface area contributed by atoms with Gasteiger partial charge in [0, 0.05) is 16.9 Å². The van der Waals surface area contributed by atoms with Crippen molar-refractivity contribution in [2.75, 3.05) is 12.0 Å². The van der Waals surface area contributed by atoms with E-state index in [1.807, 2.05) is 0 Å². The van der Waals surface area contributed by atoms with E-state index < -0.39 is 0 Å². The van der Waals surface area contributed by atoms with Gasteiger partial charge < -0.3 is 10.6 Å². The number of hydrogen-bond acceptors (Lipinski definition) is 2. The first-order chi connectivity index (χ1) is 8.11. The average molecular weight is 230 g/mol. The monoisotopic (exact) mass is 230 g/mol. The zero-order valence-electron chi connectivity index (χ0n) is 11.2. The molecular weight excluding hydrogens is 208 g/mol. The zero-order valence-corrected chi connectivity index (χ0v) is 11.2. The van der Waals surface area contributed by atoms with Crippen LogP contribution >= 0.6 is 0 Å². The van der Waals surface area contributed by atoms with Crippen molar-refractivity contribution in [1.29, 1.82) is 0 Å². The molecule has 1 aliphatic heterocycles. The third-order valence-corrected chi connectivity index (χ3v) is 3.22. The molecule has 0 spiro atoms. The molecule has 0 aliphatic carbocycles. The highest BCUT2D eigenvalue weighted by atomic mass is 15.1. The first-order valence-electron chi connectivity index (χ1n) is 6.42. The van der Waals surface area contributed by atoms with Crippen LogP contribution in [0.2, 0.25) is 0 Å². The van der Waals surface area contributed by atoms with Gasteiger partial charge in [-0.15, -0.1) is 0 Å². The van der Waals surface area contributed by atoms with E-state index in [0.717, 1.165) is 6.67 Å². The number of hydrogen-bond donors (Lipinski definition) is 2. The molecule has 0 radical (unpaired) electrons. The SMILES string of the molecule is CC(C)C1=C(C(C)C)c2ccccc2NCN1. The van der Waals surface area contributed by atoms with Gasteiger partial charge in [0.1, 0.15) is 0 Å². The van der Waals surface area contributed by atoms with Gasteiger partial charge in [-0.25, -0.2) is 0 Å². The Morgan fingerprint density at radius 2 is 1.65 bits per heavy atom. The van der Waals surface area contributed by atoms with Gasteiger partial charge in [-0.1, -0.05) is 45.9 Å². The van der Waals surface area contributed by atoms with E-state index in [-0.39, 0.29) is 0 Å². The van der Waals surface area contributed by atoms with Gasteiger partial charge in [0.2, 0.25) is 0 Å². The first-order valence-corrected chi connectivity index (χ1v) is 6.42. The van der Waals surface area contributed by atoms with Gasteiger partial charge in [0.05, 0.1) is 6.67 Å². The Balaban J connectivity index is 2.61. The second kappa shape index (κ2) is 4.82. The summed E-state index contributed by atoms with van der Waals surface area (Å²) in [4.78, 5) is 0. The highest BCUT2D eigenvalue weighted by Gasteiger charge is 2.20. The Labute approximate surface area is 104 Å². The van der Waals surface area contributed by atoms with E-state index in [4.69, 9.17) is 0 Å². The third-order valence-electron chi connectivity index (χ3n) is 3.22. The van der Waals surface area contributed by atoms with Crippen LogP contribution in [-0.4, -0.2) is 6.67 Å². The Kier molecular flexibility index (Phi) is 3.41. The Bertz CT molecular complexity index is 430. The van der Waals surface area contributed by atoms with Crippen molar-refractivity contribution in [3.63, 3.8) is 0 Å². The molecule has 0 amide bonds. The first kappa shape index (κ1) is 12.0. The number of nitrogens with one attached hydrogen (secondary N) is 2. The normalized spacial score (nSPS) is 15.4. The van der Waals surface area contributed by atoms with Crippen LogP contribution in [0.5, 0.6) is 0 Å². The molecule has 0 atom stereocenters. The van der Waals surface area contributed by atoms with Crippen LogP contribution in [-0.2, 0) is 0 Å². The summed E-state index contributed by atoms with van der Waals surface area (Å²) in [5, 5.41) is 6.97. The molecule has 1 heterocycles. The fourth-order valence-corrected chi connectivity index (χ4v) is 2.48. The summed E-state index contributed by atoms with van der Waals surface area (Å²) in [6, 6.07) is 8.58. The molecule has 1 aromatic rings. The molecule has 0 unspecified atom stereocenters. The lowest BCUT2D eigenvalue weighted by Gasteiger charge is -2.20. The van der Waals surface area contributed by atoms with Gasteiger partial charge in [-0.2, -0.15) is 0 Å². The number of fused-ring (bicyclic) bond motifs is 1. The van der Waals surface area contributed by atoms with Gasteiger partial charge in [0.15, 0.2) is 0 Å². The third kappa shape index (κ3) is 2.31. The molecule has 17 heavy (non-hydrogen) atoms. The van der Waals surface area contributed by atoms with Gasteiger partial charge in [-0.3, -0.25) is 0 Å². The molecule has 1 aliphatic rings. The maximum Gasteiger partial charge on any atom is 0.0847 e. The van der Waals surface area contributed by atoms with Crippen molar-refractivity contribution >= 4 is 11.3 Å². The summed E-state index contributed by atoms with van der Waals surface area (Å²) >= 11 is 0. The quantitative estimate of drug-likeness (QED) is 0.810. The predicted octanol–water partition coefficient (Wildman–Crippen LogP) is 3.68. The molecule has 92 valence electrons. The highest BCUT2D eigenvalue weighted by molar-refractivity contribution is 5.80. The number of allylic oxidation sites excluding steroid dienone is 2. The minimum Gasteiger partial charge on any atom is -0.371 e. The Hall–Kier alpha value is -1.44. The lowest BCUT2D eigenvalue weighted by atomic mass is 9.89. The molecular formula is C15H22N2. The summed E-state index contributed by atoms with van der Waals surface area (Å²) in [5.41, 5.74) is 5.40. The van der Waals surface area contributed by atoms with Gasteiger partial charge in [-0.05, 0) is 23.5 Å². The molecule has 2 heteroatoms. The average Bonchev–Trinajstić information content (AvgIpc) is 2.47. The Morgan fingerprint density at radius 3 is 2.29 bits per heavy atom. The standard InChI is InChI=1S/C15H22N2/c1-10(2)14-12-7-5-6-8-13(12)16-9-17-15(14)11(3)4/h5-8,10-11,16-17H,9H2,1-4H3. The minimum absolute atomic E-state index is 0.528. The maximum atomic E-state index is 3.53. The van der Waals surface area contributed by atoms with Crippen LogP contribution in [0.4, 0.5) is 5.69 Å². The van der Waals surface area contributed by atoms with Crippen LogP contribution < -0.4 is 10.6 Å². The van der Waals surface area contributed by atoms with Crippen molar-refractivity contribution in [3.05, 3.63) is 35.5 Å². The maximum absolute atomic E-state index is 3.53. The van der Waals surface area contributed by atoms with Crippen molar-refractivity contribution in [1.82, 2.24) is 5.32 Å². The van der Waals surface area contributed by atoms with Crippen molar-refractivity contribution in [2.24, 2.45) is 11.8 Å². The van der Waals surface area contributed by atoms with E-state index in [9.17, 15) is 0 Å². The number of rotatable bonds is 2. The summed E-state index contributed by atoms with van der Waals surface area (Å²) in [6.45, 7) is 9.83. The zero-order chi connectivity index (χ0) is 12.4. The van der Waals surface area contributed by atoms with Crippen LogP contribution in [0.25, 0.3) is 5.57 Å². The number of benzene rings is 1. The van der Waals surface area contributed by atoms with Gasteiger partial charge >= 0.3 is 0 Å². The van der Waals surface area contributed by atoms with Crippen LogP contribution in [0.1, 0.15) is 33.3 Å². The second-order valence-electron chi connectivity index (χ2n) is 5.21. The fourth-order valence-electron chi connectivity index (χ4n) is 2.48. The topological polar surface area (TPSA) is 24.1 Å². The number of para-hydroxylation sites is 1. The lowest BCUT2D eigenvalue weighted by molar-refractivity contribution is 0.663. The second-order valence-corrected chi connectivity index (χ2v) is 5.21. The van der Waals surface area contributed by atoms with Gasteiger partial charge in [0.25, 0.3) is 0 Å². The largest absolute Gasteiger partial charge is 0.371 e. The van der Waals surface area contributed by atoms with Crippen LogP contribution in [0.15, 0.2) is 30.0 Å². The molecule has 0 saturated carbocycles. The van der Waals surface area contributed by atoms with Crippen LogP contribution in [0, 0.1) is 11.8 Å². The highest BCUT2D eigenvalue weighted by Crippen LogP contribution is 2.34. The smallest absolute Gasteiger partial charge is 0.0847 e. The molecule has 1 aromatic carbocycles. The van der Waals surface area contributed by atoms with Crippen molar-refractivity contribution < 1.29 is 0 Å². The molecule has 0 fully saturated rings.